The Morgan fingerprint density at radius 2 is 2.12 bits per heavy atom. The van der Waals surface area contributed by atoms with E-state index in [0.29, 0.717) is 5.92 Å². The van der Waals surface area contributed by atoms with E-state index < -0.39 is 0 Å². The van der Waals surface area contributed by atoms with Crippen molar-refractivity contribution in [3.63, 3.8) is 0 Å². The van der Waals surface area contributed by atoms with E-state index >= 15 is 0 Å². The van der Waals surface area contributed by atoms with Crippen molar-refractivity contribution in [1.82, 2.24) is 4.90 Å². The maximum atomic E-state index is 9.56. The molecular weight excluding hydrogens is 212 g/mol. The highest BCUT2D eigenvalue weighted by Crippen LogP contribution is 2.24. The van der Waals surface area contributed by atoms with Gasteiger partial charge in [-0.15, -0.1) is 0 Å². The summed E-state index contributed by atoms with van der Waals surface area (Å²) < 4.78 is 0. The van der Waals surface area contributed by atoms with E-state index in [-0.39, 0.29) is 18.7 Å². The molecule has 1 rings (SSSR count). The average Bonchev–Trinajstić information content (AvgIpc) is 2.67. The Balaban J connectivity index is 2.45. The van der Waals surface area contributed by atoms with Crippen LogP contribution in [0.3, 0.4) is 0 Å². The number of aliphatic hydroxyl groups excluding tert-OH is 1. The Labute approximate surface area is 106 Å². The summed E-state index contributed by atoms with van der Waals surface area (Å²) in [5.74, 6) is 1.42. The zero-order valence-electron chi connectivity index (χ0n) is 11.7. The number of hydrogen-bond donors (Lipinski definition) is 2. The van der Waals surface area contributed by atoms with Gasteiger partial charge < -0.3 is 10.8 Å². The molecule has 0 aromatic rings. The first-order valence-corrected chi connectivity index (χ1v) is 7.18. The van der Waals surface area contributed by atoms with Crippen molar-refractivity contribution in [2.75, 3.05) is 19.7 Å². The van der Waals surface area contributed by atoms with Crippen LogP contribution in [-0.4, -0.2) is 41.8 Å². The second kappa shape index (κ2) is 7.34. The molecule has 1 saturated heterocycles. The lowest BCUT2D eigenvalue weighted by Crippen LogP contribution is -2.49. The minimum absolute atomic E-state index is 0.111. The largest absolute Gasteiger partial charge is 0.395 e. The molecule has 0 aromatic heterocycles. The molecule has 3 heteroatoms. The van der Waals surface area contributed by atoms with Crippen LogP contribution in [0.1, 0.15) is 46.5 Å². The fourth-order valence-electron chi connectivity index (χ4n) is 3.03. The van der Waals surface area contributed by atoms with Crippen LogP contribution in [0.15, 0.2) is 0 Å². The van der Waals surface area contributed by atoms with E-state index in [2.05, 4.69) is 25.7 Å². The van der Waals surface area contributed by atoms with Crippen molar-refractivity contribution in [2.24, 2.45) is 17.6 Å². The molecule has 0 amide bonds. The minimum Gasteiger partial charge on any atom is -0.395 e. The predicted octanol–water partition coefficient (Wildman–Crippen LogP) is 1.84. The van der Waals surface area contributed by atoms with Crippen molar-refractivity contribution in [3.8, 4) is 0 Å². The third-order valence-corrected chi connectivity index (χ3v) is 3.91. The van der Waals surface area contributed by atoms with Crippen molar-refractivity contribution in [3.05, 3.63) is 0 Å². The third-order valence-electron chi connectivity index (χ3n) is 3.91. The van der Waals surface area contributed by atoms with Crippen molar-refractivity contribution >= 4 is 0 Å². The molecule has 0 aromatic carbocycles. The molecule has 3 nitrogen and oxygen atoms in total. The number of likely N-dealkylation sites (tertiary alicyclic amines) is 1. The number of nitrogens with two attached hydrogens (primary N) is 1. The van der Waals surface area contributed by atoms with Gasteiger partial charge in [0.2, 0.25) is 0 Å². The Kier molecular flexibility index (Phi) is 6.45. The molecule has 0 aliphatic carbocycles. The first kappa shape index (κ1) is 14.9. The first-order valence-electron chi connectivity index (χ1n) is 7.18. The highest BCUT2D eigenvalue weighted by atomic mass is 16.3. The van der Waals surface area contributed by atoms with Crippen LogP contribution in [0.5, 0.6) is 0 Å². The molecule has 0 radical (unpaired) electrons. The van der Waals surface area contributed by atoms with E-state index in [1.807, 2.05) is 0 Å². The lowest BCUT2D eigenvalue weighted by atomic mass is 9.97. The van der Waals surface area contributed by atoms with Gasteiger partial charge in [-0.2, -0.15) is 0 Å². The number of rotatable bonds is 7. The van der Waals surface area contributed by atoms with E-state index in [1.165, 1.54) is 19.3 Å². The van der Waals surface area contributed by atoms with Crippen LogP contribution in [0.25, 0.3) is 0 Å². The summed E-state index contributed by atoms with van der Waals surface area (Å²) in [7, 11) is 0. The molecule has 0 bridgehead atoms. The summed E-state index contributed by atoms with van der Waals surface area (Å²) in [6.07, 6.45) is 4.85. The van der Waals surface area contributed by atoms with Crippen LogP contribution < -0.4 is 5.73 Å². The predicted molar refractivity (Wildman–Crippen MR) is 72.9 cm³/mol. The Bertz CT molecular complexity index is 208. The standard InChI is InChI=1S/C14H30N2O/c1-4-5-12-6-7-16(9-12)14(10-17)13(15)8-11(2)3/h11-14,17H,4-10,15H2,1-3H3. The van der Waals surface area contributed by atoms with Gasteiger partial charge in [-0.25, -0.2) is 0 Å². The van der Waals surface area contributed by atoms with Gasteiger partial charge in [0.1, 0.15) is 0 Å². The Morgan fingerprint density at radius 1 is 1.41 bits per heavy atom. The van der Waals surface area contributed by atoms with Crippen molar-refractivity contribution in [1.29, 1.82) is 0 Å². The van der Waals surface area contributed by atoms with Crippen LogP contribution in [-0.2, 0) is 0 Å². The van der Waals surface area contributed by atoms with Gasteiger partial charge in [-0.05, 0) is 37.6 Å². The second-order valence-corrected chi connectivity index (χ2v) is 5.98. The third kappa shape index (κ3) is 4.57. The van der Waals surface area contributed by atoms with Gasteiger partial charge in [0, 0.05) is 18.6 Å². The van der Waals surface area contributed by atoms with Gasteiger partial charge in [0.15, 0.2) is 0 Å². The molecule has 3 unspecified atom stereocenters. The summed E-state index contributed by atoms with van der Waals surface area (Å²) in [4.78, 5) is 2.41. The van der Waals surface area contributed by atoms with E-state index in [1.54, 1.807) is 0 Å². The maximum absolute atomic E-state index is 9.56. The molecule has 1 heterocycles. The minimum atomic E-state index is 0.111. The van der Waals surface area contributed by atoms with Crippen LogP contribution >= 0.6 is 0 Å². The average molecular weight is 242 g/mol. The zero-order valence-corrected chi connectivity index (χ0v) is 11.7. The van der Waals surface area contributed by atoms with Crippen LogP contribution in [0.2, 0.25) is 0 Å². The van der Waals surface area contributed by atoms with Gasteiger partial charge in [-0.3, -0.25) is 4.90 Å². The fraction of sp³-hybridized carbons (Fsp3) is 1.00. The topological polar surface area (TPSA) is 49.5 Å². The quantitative estimate of drug-likeness (QED) is 0.716. The van der Waals surface area contributed by atoms with Crippen LogP contribution in [0.4, 0.5) is 0 Å². The molecule has 1 aliphatic rings. The molecule has 102 valence electrons. The summed E-state index contributed by atoms with van der Waals surface area (Å²) in [5, 5.41) is 9.56. The molecule has 17 heavy (non-hydrogen) atoms. The maximum Gasteiger partial charge on any atom is 0.0601 e. The molecule has 0 spiro atoms. The van der Waals surface area contributed by atoms with E-state index in [4.69, 9.17) is 5.73 Å². The summed E-state index contributed by atoms with van der Waals surface area (Å²) >= 11 is 0. The number of hydrogen-bond acceptors (Lipinski definition) is 3. The Hall–Kier alpha value is -0.120. The second-order valence-electron chi connectivity index (χ2n) is 5.98. The lowest BCUT2D eigenvalue weighted by Gasteiger charge is -2.32. The normalized spacial score (nSPS) is 25.4. The molecule has 1 fully saturated rings. The van der Waals surface area contributed by atoms with Gasteiger partial charge >= 0.3 is 0 Å². The summed E-state index contributed by atoms with van der Waals surface area (Å²) in [6, 6.07) is 0.277. The monoisotopic (exact) mass is 242 g/mol. The first-order chi connectivity index (χ1) is 8.08. The summed E-state index contributed by atoms with van der Waals surface area (Å²) in [5.41, 5.74) is 6.23. The number of aliphatic hydroxyl groups is 1. The molecule has 3 N–H and O–H groups in total. The SMILES string of the molecule is CCCC1CCN(C(CO)C(N)CC(C)C)C1. The van der Waals surface area contributed by atoms with E-state index in [0.717, 1.165) is 25.4 Å². The molecule has 0 saturated carbocycles. The fourth-order valence-corrected chi connectivity index (χ4v) is 3.03. The van der Waals surface area contributed by atoms with E-state index in [9.17, 15) is 5.11 Å². The highest BCUT2D eigenvalue weighted by molar-refractivity contribution is 4.87. The molecule has 1 aliphatic heterocycles. The Morgan fingerprint density at radius 3 is 2.65 bits per heavy atom. The van der Waals surface area contributed by atoms with Crippen molar-refractivity contribution < 1.29 is 5.11 Å². The van der Waals surface area contributed by atoms with Gasteiger partial charge in [-0.1, -0.05) is 27.2 Å². The van der Waals surface area contributed by atoms with Crippen LogP contribution in [0, 0.1) is 11.8 Å². The van der Waals surface area contributed by atoms with Crippen molar-refractivity contribution in [2.45, 2.75) is 58.5 Å². The molecular formula is C14H30N2O. The number of nitrogens with zero attached hydrogens (tertiary/aromatic N) is 1. The zero-order chi connectivity index (χ0) is 12.8. The summed E-state index contributed by atoms with van der Waals surface area (Å²) in [6.45, 7) is 9.08. The lowest BCUT2D eigenvalue weighted by molar-refractivity contribution is 0.115. The highest BCUT2D eigenvalue weighted by Gasteiger charge is 2.30. The van der Waals surface area contributed by atoms with Gasteiger partial charge in [0.05, 0.1) is 6.61 Å². The molecule has 3 atom stereocenters. The smallest absolute Gasteiger partial charge is 0.0601 e. The van der Waals surface area contributed by atoms with Gasteiger partial charge in [0.25, 0.3) is 0 Å².